The van der Waals surface area contributed by atoms with Gasteiger partial charge in [-0.15, -0.1) is 0 Å². The van der Waals surface area contributed by atoms with E-state index in [1.807, 2.05) is 0 Å². The van der Waals surface area contributed by atoms with Crippen molar-refractivity contribution in [3.05, 3.63) is 76.6 Å². The van der Waals surface area contributed by atoms with Gasteiger partial charge in [-0.25, -0.2) is 15.1 Å². The minimum Gasteiger partial charge on any atom is -0.390 e. The molecule has 2 heterocycles. The van der Waals surface area contributed by atoms with Crippen LogP contribution in [0.3, 0.4) is 0 Å². The highest BCUT2D eigenvalue weighted by atomic mass is 32.2. The molecule has 1 fully saturated rings. The van der Waals surface area contributed by atoms with Crippen LogP contribution in [0.4, 0.5) is 26.3 Å². The number of nitrogens with zero attached hydrogens (tertiary/aromatic N) is 4. The molecular weight excluding hydrogens is 600 g/mol. The quantitative estimate of drug-likeness (QED) is 0.239. The molecule has 4 atom stereocenters. The van der Waals surface area contributed by atoms with Crippen LogP contribution >= 0.6 is 0 Å². The van der Waals surface area contributed by atoms with Crippen LogP contribution in [0.15, 0.2) is 43.0 Å². The first kappa shape index (κ1) is 31.5. The fraction of sp³-hybridized carbons (Fsp3) is 0.417. The lowest BCUT2D eigenvalue weighted by molar-refractivity contribution is -0.143. The lowest BCUT2D eigenvalue weighted by atomic mass is 9.95. The van der Waals surface area contributed by atoms with Gasteiger partial charge in [0.2, 0.25) is 5.78 Å². The number of nitrogens with two attached hydrogens (primary N) is 1. The Morgan fingerprint density at radius 2 is 1.76 bits per heavy atom. The lowest BCUT2D eigenvalue weighted by Crippen LogP contribution is -2.31. The summed E-state index contributed by atoms with van der Waals surface area (Å²) in [6, 6.07) is 2.43. The highest BCUT2D eigenvalue weighted by Gasteiger charge is 2.42. The summed E-state index contributed by atoms with van der Waals surface area (Å²) in [5.74, 6) is -2.18. The Morgan fingerprint density at radius 1 is 1.07 bits per heavy atom. The van der Waals surface area contributed by atoms with Gasteiger partial charge in [-0.1, -0.05) is 6.07 Å². The molecule has 1 saturated carbocycles. The number of benzene rings is 1. The number of hydrogen-bond acceptors (Lipinski definition) is 9. The summed E-state index contributed by atoms with van der Waals surface area (Å²) >= 11 is 0. The van der Waals surface area contributed by atoms with Crippen LogP contribution in [-0.4, -0.2) is 63.0 Å². The molecule has 0 spiro atoms. The second kappa shape index (κ2) is 11.7. The number of carbonyl (C=O) groups is 1. The number of rotatable bonds is 9. The van der Waals surface area contributed by atoms with Crippen LogP contribution in [0, 0.1) is 11.8 Å². The molecule has 1 aliphatic rings. The van der Waals surface area contributed by atoms with Crippen molar-refractivity contribution < 1.29 is 54.0 Å². The number of halogens is 6. The number of aliphatic hydroxyl groups is 2. The maximum Gasteiger partial charge on any atom is 0.416 e. The fourth-order valence-electron chi connectivity index (χ4n) is 4.77. The van der Waals surface area contributed by atoms with Crippen molar-refractivity contribution >= 4 is 16.1 Å². The van der Waals surface area contributed by atoms with E-state index in [1.54, 1.807) is 0 Å². The topological polar surface area (TPSA) is 171 Å². The highest BCUT2D eigenvalue weighted by Crippen LogP contribution is 2.38. The SMILES string of the molecule is NS(=O)(=O)OC[C@H]1C[C@@H](Cc2ncncc2C(=O)c2ccn(Cc3ccc(C(F)(F)F)cc3C(F)(F)F)n2)[C@H](O)[C@@H]1O. The number of hydrogen-bond donors (Lipinski definition) is 3. The molecule has 18 heteroatoms. The van der Waals surface area contributed by atoms with E-state index >= 15 is 0 Å². The first-order chi connectivity index (χ1) is 19.4. The van der Waals surface area contributed by atoms with Crippen molar-refractivity contribution in [3.63, 3.8) is 0 Å². The normalized spacial score (nSPS) is 21.5. The smallest absolute Gasteiger partial charge is 0.390 e. The van der Waals surface area contributed by atoms with Gasteiger partial charge in [0.05, 0.1) is 47.7 Å². The largest absolute Gasteiger partial charge is 0.416 e. The van der Waals surface area contributed by atoms with Gasteiger partial charge in [0, 0.05) is 18.3 Å². The van der Waals surface area contributed by atoms with E-state index in [2.05, 4.69) is 19.2 Å². The van der Waals surface area contributed by atoms with Crippen molar-refractivity contribution in [1.29, 1.82) is 0 Å². The number of alkyl halides is 6. The van der Waals surface area contributed by atoms with Crippen molar-refractivity contribution in [2.75, 3.05) is 6.61 Å². The van der Waals surface area contributed by atoms with E-state index in [9.17, 15) is 49.8 Å². The molecule has 11 nitrogen and oxygen atoms in total. The van der Waals surface area contributed by atoms with E-state index in [0.29, 0.717) is 12.1 Å². The zero-order chi connectivity index (χ0) is 31.0. The van der Waals surface area contributed by atoms with Gasteiger partial charge in [0.1, 0.15) is 12.0 Å². The molecule has 3 aromatic rings. The summed E-state index contributed by atoms with van der Waals surface area (Å²) < 4.78 is 107. The molecule has 0 saturated heterocycles. The average molecular weight is 624 g/mol. The third kappa shape index (κ3) is 7.30. The molecule has 0 amide bonds. The summed E-state index contributed by atoms with van der Waals surface area (Å²) in [5, 5.41) is 29.6. The Labute approximate surface area is 234 Å². The minimum atomic E-state index is -5.08. The molecule has 228 valence electrons. The van der Waals surface area contributed by atoms with E-state index in [0.717, 1.165) is 11.0 Å². The van der Waals surface area contributed by atoms with E-state index in [1.165, 1.54) is 18.5 Å². The van der Waals surface area contributed by atoms with Crippen molar-refractivity contribution in [2.45, 2.75) is 43.9 Å². The zero-order valence-electron chi connectivity index (χ0n) is 21.2. The Balaban J connectivity index is 1.52. The van der Waals surface area contributed by atoms with Crippen molar-refractivity contribution in [2.24, 2.45) is 17.0 Å². The monoisotopic (exact) mass is 623 g/mol. The van der Waals surface area contributed by atoms with Crippen LogP contribution in [0.2, 0.25) is 0 Å². The molecule has 1 aromatic carbocycles. The summed E-state index contributed by atoms with van der Waals surface area (Å²) in [7, 11) is -4.28. The Bertz CT molecular complexity index is 1560. The molecule has 42 heavy (non-hydrogen) atoms. The average Bonchev–Trinajstić information content (AvgIpc) is 3.46. The molecule has 0 unspecified atom stereocenters. The number of carbonyl (C=O) groups excluding carboxylic acids is 1. The lowest BCUT2D eigenvalue weighted by Gasteiger charge is -2.17. The van der Waals surface area contributed by atoms with Gasteiger partial charge in [-0.05, 0) is 42.5 Å². The van der Waals surface area contributed by atoms with E-state index in [-0.39, 0.29) is 35.9 Å². The third-order valence-electron chi connectivity index (χ3n) is 6.81. The molecule has 2 aromatic heterocycles. The number of ketones is 1. The molecule has 4 rings (SSSR count). The van der Waals surface area contributed by atoms with Crippen LogP contribution in [-0.2, 0) is 39.8 Å². The molecule has 1 aliphatic carbocycles. The van der Waals surface area contributed by atoms with E-state index < -0.39 is 82.3 Å². The van der Waals surface area contributed by atoms with Gasteiger partial charge in [0.25, 0.3) is 0 Å². The minimum absolute atomic E-state index is 0.0124. The second-order valence-corrected chi connectivity index (χ2v) is 10.9. The Morgan fingerprint density at radius 3 is 2.40 bits per heavy atom. The van der Waals surface area contributed by atoms with Gasteiger partial charge in [-0.3, -0.25) is 13.7 Å². The number of aromatic nitrogens is 4. The summed E-state index contributed by atoms with van der Waals surface area (Å²) in [4.78, 5) is 21.1. The Kier molecular flexibility index (Phi) is 8.75. The van der Waals surface area contributed by atoms with E-state index in [4.69, 9.17) is 5.14 Å². The summed E-state index contributed by atoms with van der Waals surface area (Å²) in [6.07, 6.45) is -9.20. The Hall–Kier alpha value is -3.45. The van der Waals surface area contributed by atoms with Crippen LogP contribution < -0.4 is 5.14 Å². The predicted octanol–water partition coefficient (Wildman–Crippen LogP) is 2.11. The summed E-state index contributed by atoms with van der Waals surface area (Å²) in [6.45, 7) is -1.07. The standard InChI is InChI=1S/C24H23F6N5O6S/c25-23(26,27)15-2-1-12(17(7-15)24(28,29)30)9-35-4-3-18(34-35)22(38)16-8-32-11-33-19(16)6-13-5-14(21(37)20(13)36)10-41-42(31,39)40/h1-4,7-8,11,13-14,20-21,36-37H,5-6,9-10H2,(H2,31,39,40)/t13-,14+,20-,21+/m0/s1. The van der Waals surface area contributed by atoms with Crippen LogP contribution in [0.1, 0.15) is 44.9 Å². The molecule has 0 aliphatic heterocycles. The second-order valence-electron chi connectivity index (χ2n) is 9.70. The zero-order valence-corrected chi connectivity index (χ0v) is 22.1. The number of aliphatic hydroxyl groups excluding tert-OH is 2. The van der Waals surface area contributed by atoms with Gasteiger partial charge in [0.15, 0.2) is 0 Å². The van der Waals surface area contributed by atoms with Crippen LogP contribution in [0.25, 0.3) is 0 Å². The third-order valence-corrected chi connectivity index (χ3v) is 7.28. The van der Waals surface area contributed by atoms with Crippen molar-refractivity contribution in [3.8, 4) is 0 Å². The summed E-state index contributed by atoms with van der Waals surface area (Å²) in [5.41, 5.74) is -3.59. The van der Waals surface area contributed by atoms with Gasteiger partial charge >= 0.3 is 22.7 Å². The van der Waals surface area contributed by atoms with Gasteiger partial charge < -0.3 is 10.2 Å². The van der Waals surface area contributed by atoms with Crippen molar-refractivity contribution in [1.82, 2.24) is 19.7 Å². The molecule has 0 bridgehead atoms. The first-order valence-electron chi connectivity index (χ1n) is 12.1. The fourth-order valence-corrected chi connectivity index (χ4v) is 5.14. The predicted molar refractivity (Wildman–Crippen MR) is 130 cm³/mol. The highest BCUT2D eigenvalue weighted by molar-refractivity contribution is 7.84. The molecule has 4 N–H and O–H groups in total. The maximum atomic E-state index is 13.5. The maximum absolute atomic E-state index is 13.5. The first-order valence-corrected chi connectivity index (χ1v) is 13.6. The molecule has 0 radical (unpaired) electrons. The molecular formula is C24H23F6N5O6S. The van der Waals surface area contributed by atoms with Crippen LogP contribution in [0.5, 0.6) is 0 Å². The van der Waals surface area contributed by atoms with Gasteiger partial charge in [-0.2, -0.15) is 39.9 Å².